The highest BCUT2D eigenvalue weighted by molar-refractivity contribution is 6.31. The first-order valence-corrected chi connectivity index (χ1v) is 8.24. The zero-order valence-electron chi connectivity index (χ0n) is 13.5. The molecule has 0 aliphatic carbocycles. The van der Waals surface area contributed by atoms with Crippen LogP contribution >= 0.6 is 11.6 Å². The number of hydrogen-bond donors (Lipinski definition) is 3. The van der Waals surface area contributed by atoms with Crippen LogP contribution in [0.15, 0.2) is 42.5 Å². The number of benzene rings is 2. The summed E-state index contributed by atoms with van der Waals surface area (Å²) < 4.78 is 18.7. The van der Waals surface area contributed by atoms with Crippen LogP contribution in [0.3, 0.4) is 0 Å². The summed E-state index contributed by atoms with van der Waals surface area (Å²) in [5.41, 5.74) is 1.52. The Hall–Kier alpha value is -2.48. The van der Waals surface area contributed by atoms with Crippen molar-refractivity contribution in [2.75, 3.05) is 18.5 Å². The van der Waals surface area contributed by atoms with Crippen molar-refractivity contribution in [1.82, 2.24) is 5.32 Å². The molecule has 3 rings (SSSR count). The minimum atomic E-state index is -0.592. The average Bonchev–Trinajstić information content (AvgIpc) is 2.64. The minimum absolute atomic E-state index is 0.0784. The lowest BCUT2D eigenvalue weighted by Gasteiger charge is -2.31. The van der Waals surface area contributed by atoms with E-state index in [1.165, 1.54) is 12.1 Å². The molecule has 2 aromatic rings. The zero-order chi connectivity index (χ0) is 18.7. The van der Waals surface area contributed by atoms with Crippen molar-refractivity contribution >= 4 is 29.1 Å². The van der Waals surface area contributed by atoms with Gasteiger partial charge in [0.05, 0.1) is 17.7 Å². The van der Waals surface area contributed by atoms with Crippen LogP contribution in [0.5, 0.6) is 0 Å². The van der Waals surface area contributed by atoms with Crippen LogP contribution in [0.4, 0.5) is 10.1 Å². The van der Waals surface area contributed by atoms with E-state index in [0.717, 1.165) is 11.6 Å². The van der Waals surface area contributed by atoms with Crippen molar-refractivity contribution in [1.29, 1.82) is 0 Å². The van der Waals surface area contributed by atoms with Crippen LogP contribution in [-0.2, 0) is 9.53 Å². The summed E-state index contributed by atoms with van der Waals surface area (Å²) in [7, 11) is 0. The summed E-state index contributed by atoms with van der Waals surface area (Å²) in [5.74, 6) is -1.29. The summed E-state index contributed by atoms with van der Waals surface area (Å²) >= 11 is 5.69. The molecular formula is C18H16ClFN2O4. The van der Waals surface area contributed by atoms with Gasteiger partial charge < -0.3 is 20.5 Å². The third kappa shape index (κ3) is 4.01. The van der Waals surface area contributed by atoms with Crippen LogP contribution in [0, 0.1) is 5.82 Å². The van der Waals surface area contributed by atoms with Crippen LogP contribution in [0.1, 0.15) is 22.0 Å². The maximum absolute atomic E-state index is 13.2. The van der Waals surface area contributed by atoms with Gasteiger partial charge in [-0.1, -0.05) is 23.7 Å². The summed E-state index contributed by atoms with van der Waals surface area (Å²) in [4.78, 5) is 23.5. The van der Waals surface area contributed by atoms with E-state index in [1.807, 2.05) is 0 Å². The largest absolute Gasteiger partial charge is 0.394 e. The fourth-order valence-electron chi connectivity index (χ4n) is 2.67. The molecular weight excluding hydrogens is 363 g/mol. The number of halogens is 2. The molecule has 0 bridgehead atoms. The highest BCUT2D eigenvalue weighted by Crippen LogP contribution is 2.25. The molecule has 136 valence electrons. The first-order chi connectivity index (χ1) is 12.5. The van der Waals surface area contributed by atoms with Crippen molar-refractivity contribution in [3.05, 3.63) is 64.4 Å². The Morgan fingerprint density at radius 3 is 2.69 bits per heavy atom. The first-order valence-electron chi connectivity index (χ1n) is 7.86. The maximum Gasteiger partial charge on any atom is 0.255 e. The molecule has 2 amide bonds. The van der Waals surface area contributed by atoms with Gasteiger partial charge in [0.25, 0.3) is 5.91 Å². The van der Waals surface area contributed by atoms with Crippen molar-refractivity contribution in [2.45, 2.75) is 12.1 Å². The van der Waals surface area contributed by atoms with E-state index >= 15 is 0 Å². The summed E-state index contributed by atoms with van der Waals surface area (Å²) in [6, 6.07) is 10.0. The summed E-state index contributed by atoms with van der Waals surface area (Å²) in [6.45, 7) is -0.328. The number of anilines is 1. The molecule has 1 fully saturated rings. The number of hydrogen-bond acceptors (Lipinski definition) is 4. The molecule has 2 atom stereocenters. The van der Waals surface area contributed by atoms with Gasteiger partial charge in [-0.2, -0.15) is 0 Å². The highest BCUT2D eigenvalue weighted by Gasteiger charge is 2.30. The van der Waals surface area contributed by atoms with Crippen LogP contribution < -0.4 is 10.6 Å². The molecule has 8 heteroatoms. The lowest BCUT2D eigenvalue weighted by atomic mass is 10.0. The molecule has 0 spiro atoms. The highest BCUT2D eigenvalue weighted by atomic mass is 35.5. The molecule has 1 heterocycles. The van der Waals surface area contributed by atoms with Gasteiger partial charge in [0.15, 0.2) is 0 Å². The normalized spacial score (nSPS) is 19.7. The molecule has 0 unspecified atom stereocenters. The Kier molecular flexibility index (Phi) is 5.51. The van der Waals surface area contributed by atoms with Gasteiger partial charge in [-0.05, 0) is 35.9 Å². The fraction of sp³-hybridized carbons (Fsp3) is 0.222. The van der Waals surface area contributed by atoms with Gasteiger partial charge in [0.1, 0.15) is 18.5 Å². The van der Waals surface area contributed by atoms with Gasteiger partial charge in [0, 0.05) is 11.3 Å². The van der Waals surface area contributed by atoms with E-state index < -0.39 is 23.9 Å². The van der Waals surface area contributed by atoms with Crippen LogP contribution in [0.2, 0.25) is 5.02 Å². The van der Waals surface area contributed by atoms with Gasteiger partial charge in [-0.15, -0.1) is 0 Å². The van der Waals surface area contributed by atoms with Crippen LogP contribution in [0.25, 0.3) is 0 Å². The average molecular weight is 379 g/mol. The quantitative estimate of drug-likeness (QED) is 0.761. The monoisotopic (exact) mass is 378 g/mol. The van der Waals surface area contributed by atoms with Crippen molar-refractivity contribution in [3.8, 4) is 0 Å². The van der Waals surface area contributed by atoms with Crippen molar-refractivity contribution in [2.24, 2.45) is 0 Å². The molecule has 3 N–H and O–H groups in total. The summed E-state index contributed by atoms with van der Waals surface area (Å²) in [6.07, 6.45) is -0.474. The predicted octanol–water partition coefficient (Wildman–Crippen LogP) is 2.28. The van der Waals surface area contributed by atoms with E-state index in [1.54, 1.807) is 24.3 Å². The van der Waals surface area contributed by atoms with Gasteiger partial charge in [-0.25, -0.2) is 4.39 Å². The Morgan fingerprint density at radius 1 is 1.31 bits per heavy atom. The van der Waals surface area contributed by atoms with Gasteiger partial charge in [0.2, 0.25) is 5.91 Å². The number of amides is 2. The number of rotatable bonds is 4. The second-order valence-corrected chi connectivity index (χ2v) is 6.20. The Balaban J connectivity index is 1.70. The van der Waals surface area contributed by atoms with Crippen LogP contribution in [-0.4, -0.2) is 36.2 Å². The number of morpholine rings is 1. The maximum atomic E-state index is 13.2. The zero-order valence-corrected chi connectivity index (χ0v) is 14.3. The first kappa shape index (κ1) is 18.3. The number of carbonyl (C=O) groups is 2. The van der Waals surface area contributed by atoms with E-state index in [-0.39, 0.29) is 29.7 Å². The molecule has 1 saturated heterocycles. The Labute approximate surface area is 153 Å². The number of nitrogens with one attached hydrogen (secondary N) is 2. The second-order valence-electron chi connectivity index (χ2n) is 5.79. The van der Waals surface area contributed by atoms with Gasteiger partial charge in [-0.3, -0.25) is 9.59 Å². The Morgan fingerprint density at radius 2 is 2.04 bits per heavy atom. The summed E-state index contributed by atoms with van der Waals surface area (Å²) in [5, 5.41) is 14.6. The third-order valence-electron chi connectivity index (χ3n) is 3.98. The molecule has 26 heavy (non-hydrogen) atoms. The second kappa shape index (κ2) is 7.82. The standard InChI is InChI=1S/C18H16ClFN2O4/c19-13-7-11(3-6-14(13)20)18(25)21-12-4-1-10(2-5-12)17-15(8-23)22-16(24)9-26-17/h1-7,15,17,23H,8-9H2,(H,21,25)(H,22,24)/t15-,17-/m1/s1. The number of aliphatic hydroxyl groups is 1. The molecule has 0 saturated carbocycles. The van der Waals surface area contributed by atoms with Gasteiger partial charge >= 0.3 is 0 Å². The lowest BCUT2D eigenvalue weighted by molar-refractivity contribution is -0.138. The van der Waals surface area contributed by atoms with Crippen molar-refractivity contribution in [3.63, 3.8) is 0 Å². The molecule has 0 radical (unpaired) electrons. The SMILES string of the molecule is O=C1CO[C@H](c2ccc(NC(=O)c3ccc(F)c(Cl)c3)cc2)[C@@H](CO)N1. The smallest absolute Gasteiger partial charge is 0.255 e. The predicted molar refractivity (Wildman–Crippen MR) is 93.5 cm³/mol. The van der Waals surface area contributed by atoms with E-state index in [4.69, 9.17) is 16.3 Å². The molecule has 1 aliphatic heterocycles. The number of ether oxygens (including phenoxy) is 1. The number of aliphatic hydroxyl groups excluding tert-OH is 1. The lowest BCUT2D eigenvalue weighted by Crippen LogP contribution is -2.49. The fourth-order valence-corrected chi connectivity index (χ4v) is 2.85. The van der Waals surface area contributed by atoms with E-state index in [2.05, 4.69) is 10.6 Å². The van der Waals surface area contributed by atoms with E-state index in [0.29, 0.717) is 5.69 Å². The molecule has 6 nitrogen and oxygen atoms in total. The van der Waals surface area contributed by atoms with Crippen molar-refractivity contribution < 1.29 is 23.8 Å². The molecule has 0 aromatic heterocycles. The topological polar surface area (TPSA) is 87.7 Å². The van der Waals surface area contributed by atoms with E-state index in [9.17, 15) is 19.1 Å². The third-order valence-corrected chi connectivity index (χ3v) is 4.27. The minimum Gasteiger partial charge on any atom is -0.394 e. The number of carbonyl (C=O) groups excluding carboxylic acids is 2. The molecule has 2 aromatic carbocycles. The Bertz CT molecular complexity index is 828. The molecule has 1 aliphatic rings.